The van der Waals surface area contributed by atoms with Crippen molar-refractivity contribution >= 4 is 57.2 Å². The van der Waals surface area contributed by atoms with Crippen LogP contribution in [0.25, 0.3) is 21.8 Å². The van der Waals surface area contributed by atoms with E-state index >= 15 is 0 Å². The van der Waals surface area contributed by atoms with Gasteiger partial charge in [-0.2, -0.15) is 0 Å². The molecule has 8 aliphatic heterocycles. The van der Waals surface area contributed by atoms with Gasteiger partial charge in [0.25, 0.3) is 29.5 Å². The zero-order valence-electron chi connectivity index (χ0n) is 48.7. The number of aromatic amines is 2. The van der Waals surface area contributed by atoms with Crippen molar-refractivity contribution in [2.24, 2.45) is 5.92 Å². The van der Waals surface area contributed by atoms with E-state index in [4.69, 9.17) is 9.47 Å². The molecule has 1 unspecified atom stereocenters. The van der Waals surface area contributed by atoms with Crippen LogP contribution in [-0.4, -0.2) is 185 Å². The molecule has 86 heavy (non-hydrogen) atoms. The molecule has 0 saturated carbocycles. The first-order chi connectivity index (χ1) is 41.4. The second kappa shape index (κ2) is 19.9. The van der Waals surface area contributed by atoms with E-state index in [0.717, 1.165) is 35.0 Å². The molecule has 6 N–H and O–H groups in total. The van der Waals surface area contributed by atoms with E-state index in [9.17, 15) is 39.0 Å². The summed E-state index contributed by atoms with van der Waals surface area (Å²) in [7, 11) is 4.08. The van der Waals surface area contributed by atoms with Gasteiger partial charge < -0.3 is 45.5 Å². The minimum atomic E-state index is -2.05. The highest BCUT2D eigenvalue weighted by molar-refractivity contribution is 6.02. The number of rotatable bonds is 8. The number of aliphatic hydroxyl groups is 2. The molecule has 2 aliphatic carbocycles. The molecule has 4 aromatic carbocycles. The summed E-state index contributed by atoms with van der Waals surface area (Å²) < 4.78 is 12.5. The fraction of sp³-hybridized carbons (Fsp3) is 0.455. The lowest BCUT2D eigenvalue weighted by atomic mass is 9.72. The van der Waals surface area contributed by atoms with Crippen molar-refractivity contribution < 1.29 is 48.5 Å². The molecule has 0 radical (unpaired) electrons. The summed E-state index contributed by atoms with van der Waals surface area (Å²) in [6, 6.07) is 28.7. The summed E-state index contributed by atoms with van der Waals surface area (Å²) in [6.07, 6.45) is 11.5. The first kappa shape index (κ1) is 54.9. The number of piperazine rings is 2. The fourth-order valence-electron chi connectivity index (χ4n) is 16.8. The fourth-order valence-corrected chi connectivity index (χ4v) is 16.8. The second-order valence-electron chi connectivity index (χ2n) is 26.0. The largest absolute Gasteiger partial charge is 0.361 e. The molecule has 7 saturated heterocycles. The lowest BCUT2D eigenvalue weighted by Crippen LogP contribution is -2.71. The minimum absolute atomic E-state index is 0.00920. The molecule has 2 aromatic heterocycles. The predicted octanol–water partition coefficient (Wildman–Crippen LogP) is 4.08. The molecular weight excluding hydrogens is 1090 g/mol. The third-order valence-corrected chi connectivity index (χ3v) is 20.8. The van der Waals surface area contributed by atoms with Crippen LogP contribution >= 0.6 is 0 Å². The van der Waals surface area contributed by atoms with Crippen LogP contribution in [0.4, 0.5) is 0 Å². The number of hydrogen-bond acceptors (Lipinski definition) is 12. The monoisotopic (exact) mass is 1160 g/mol. The zero-order valence-corrected chi connectivity index (χ0v) is 48.7. The third-order valence-electron chi connectivity index (χ3n) is 20.8. The van der Waals surface area contributed by atoms with Crippen molar-refractivity contribution in [3.05, 3.63) is 154 Å². The summed E-state index contributed by atoms with van der Waals surface area (Å²) in [5.41, 5.74) is 5.83. The number of amides is 6. The highest BCUT2D eigenvalue weighted by Gasteiger charge is 2.71. The molecule has 0 bridgehead atoms. The molecule has 10 aliphatic rings. The van der Waals surface area contributed by atoms with Crippen LogP contribution in [0.15, 0.2) is 121 Å². The lowest BCUT2D eigenvalue weighted by Gasteiger charge is -2.48. The number of carbonyl (C=O) groups is 6. The lowest BCUT2D eigenvalue weighted by molar-refractivity contribution is -0.315. The first-order valence-corrected chi connectivity index (χ1v) is 30.5. The summed E-state index contributed by atoms with van der Waals surface area (Å²) in [5.74, 6) is -6.60. The Morgan fingerprint density at radius 1 is 0.640 bits per heavy atom. The second-order valence-corrected chi connectivity index (χ2v) is 26.0. The Morgan fingerprint density at radius 3 is 1.71 bits per heavy atom. The summed E-state index contributed by atoms with van der Waals surface area (Å²) in [6.45, 7) is 4.94. The maximum atomic E-state index is 14.2. The molecule has 446 valence electrons. The molecule has 6 aromatic rings. The van der Waals surface area contributed by atoms with Crippen LogP contribution in [-0.2, 0) is 63.9 Å². The third kappa shape index (κ3) is 8.30. The number of fused-ring (bicyclic) bond motifs is 10. The van der Waals surface area contributed by atoms with Gasteiger partial charge in [-0.1, -0.05) is 91.0 Å². The van der Waals surface area contributed by atoms with Gasteiger partial charge in [0.05, 0.1) is 5.92 Å². The van der Waals surface area contributed by atoms with Crippen LogP contribution in [0.2, 0.25) is 0 Å². The number of likely N-dealkylation sites (N-methyl/N-ethyl adjacent to an activating group) is 2. The van der Waals surface area contributed by atoms with Crippen molar-refractivity contribution in [3.8, 4) is 0 Å². The minimum Gasteiger partial charge on any atom is -0.361 e. The van der Waals surface area contributed by atoms with Crippen LogP contribution in [0.1, 0.15) is 91.2 Å². The Balaban J connectivity index is 0.000000145. The van der Waals surface area contributed by atoms with E-state index in [1.54, 1.807) is 9.80 Å². The van der Waals surface area contributed by atoms with Gasteiger partial charge in [-0.3, -0.25) is 52.9 Å². The number of benzene rings is 4. The SMILES string of the molecule is CN1CC(C(=O)N[C@]2(C)O[C@@]3(O)[C@@H]4CCCN4C(=O)[C@H](Cc4ccccc4)N3C2=O)=CC2c3cccc4[nH]cc(c34)C[C@H]21.CN1C[C@H](C(=O)N[C@]2(C)O[C@@]3(O)[C@@H]4CCCN4C(=O)[C@H](Cc4ccccc4)N3C2=O)C[C@@H]2c3cccc4[nH]cc(c34)C[C@H]21. The van der Waals surface area contributed by atoms with Gasteiger partial charge in [0.2, 0.25) is 29.2 Å². The molecule has 16 rings (SSSR count). The molecule has 10 heterocycles. The number of ether oxygens (including phenoxy) is 2. The standard InChI is InChI=1S/C33H37N5O5.C33H35N5O5/c2*1-32(35-29(39)21-15-23-22-10-6-11-24-28(22)20(17-34-24)16-25(23)36(2)18-21)31(41)38-26(14-19-8-4-3-5-9-19)30(40)37-13-7-12-27(37)33(38,42)43-32/h3-6,8-11,17,21,23,25-27,34,42H,7,12-16,18H2,1-2H3,(H,35,39);3-6,8-11,15,17,23,25-27,34,42H,7,12-14,16,18H2,1-2H3,(H,35,39)/t21-,23-,25-,26+,27+,32-,33+;23?,25-,26+,27+,32-,33+/m11/s1. The van der Waals surface area contributed by atoms with Gasteiger partial charge in [0.1, 0.15) is 24.2 Å². The van der Waals surface area contributed by atoms with E-state index in [1.165, 1.54) is 56.7 Å². The van der Waals surface area contributed by atoms with Gasteiger partial charge in [-0.05, 0) is 118 Å². The maximum Gasteiger partial charge on any atom is 0.280 e. The average Bonchev–Trinajstić information content (AvgIpc) is 1.83. The average molecular weight is 1170 g/mol. The van der Waals surface area contributed by atoms with E-state index in [-0.39, 0.29) is 60.4 Å². The normalized spacial score (nSPS) is 34.3. The highest BCUT2D eigenvalue weighted by atomic mass is 16.7. The van der Waals surface area contributed by atoms with Gasteiger partial charge in [-0.15, -0.1) is 0 Å². The number of piperidine rings is 1. The van der Waals surface area contributed by atoms with Gasteiger partial charge in [0, 0.05) is 103 Å². The summed E-state index contributed by atoms with van der Waals surface area (Å²) in [5, 5.41) is 32.3. The molecule has 20 heteroatoms. The van der Waals surface area contributed by atoms with Crippen molar-refractivity contribution in [1.82, 2.24) is 50.0 Å². The van der Waals surface area contributed by atoms with Gasteiger partial charge >= 0.3 is 0 Å². The Bertz CT molecular complexity index is 3830. The number of likely N-dealkylation sites (tertiary alicyclic amines) is 1. The molecule has 6 amide bonds. The van der Waals surface area contributed by atoms with E-state index < -0.39 is 65.2 Å². The van der Waals surface area contributed by atoms with Crippen molar-refractivity contribution in [2.45, 2.75) is 143 Å². The molecule has 20 nitrogen and oxygen atoms in total. The number of nitrogens with zero attached hydrogens (tertiary/aromatic N) is 6. The van der Waals surface area contributed by atoms with Gasteiger partial charge in [-0.25, -0.2) is 0 Å². The van der Waals surface area contributed by atoms with Crippen LogP contribution in [0.3, 0.4) is 0 Å². The van der Waals surface area contributed by atoms with E-state index in [2.05, 4.69) is 80.2 Å². The maximum absolute atomic E-state index is 14.2. The molecule has 7 fully saturated rings. The smallest absolute Gasteiger partial charge is 0.280 e. The number of nitrogens with one attached hydrogen (secondary N) is 4. The topological polar surface area (TPSA) is 236 Å². The first-order valence-electron chi connectivity index (χ1n) is 30.5. The Labute approximate surface area is 497 Å². The molecular formula is C66H72N10O10. The van der Waals surface area contributed by atoms with Crippen molar-refractivity contribution in [1.29, 1.82) is 0 Å². The van der Waals surface area contributed by atoms with Gasteiger partial charge in [0.15, 0.2) is 0 Å². The van der Waals surface area contributed by atoms with E-state index in [1.807, 2.05) is 79.9 Å². The summed E-state index contributed by atoms with van der Waals surface area (Å²) >= 11 is 0. The Morgan fingerprint density at radius 2 is 1.15 bits per heavy atom. The van der Waals surface area contributed by atoms with E-state index in [0.29, 0.717) is 63.9 Å². The Hall–Kier alpha value is -7.72. The van der Waals surface area contributed by atoms with Crippen LogP contribution in [0.5, 0.6) is 0 Å². The summed E-state index contributed by atoms with van der Waals surface area (Å²) in [4.78, 5) is 101. The molecule has 0 spiro atoms. The number of hydrogen-bond donors (Lipinski definition) is 6. The van der Waals surface area contributed by atoms with Crippen molar-refractivity contribution in [2.75, 3.05) is 40.3 Å². The zero-order chi connectivity index (χ0) is 59.3. The highest BCUT2D eigenvalue weighted by Crippen LogP contribution is 2.50. The number of aromatic nitrogens is 2. The number of H-pyrrole nitrogens is 2. The Kier molecular flexibility index (Phi) is 12.7. The molecule has 13 atom stereocenters. The van der Waals surface area contributed by atoms with Crippen LogP contribution < -0.4 is 10.6 Å². The van der Waals surface area contributed by atoms with Crippen LogP contribution in [0, 0.1) is 5.92 Å². The van der Waals surface area contributed by atoms with Crippen molar-refractivity contribution in [3.63, 3.8) is 0 Å². The quantitative estimate of drug-likeness (QED) is 0.127. The number of carbonyl (C=O) groups excluding carboxylic acids is 6. The predicted molar refractivity (Wildman–Crippen MR) is 315 cm³/mol.